The fraction of sp³-hybridized carbons (Fsp3) is 0.350. The molecule has 4 heterocycles. The van der Waals surface area contributed by atoms with Gasteiger partial charge in [-0.2, -0.15) is 0 Å². The molecule has 0 bridgehead atoms. The zero-order chi connectivity index (χ0) is 35.4. The number of thiophene rings is 1. The van der Waals surface area contributed by atoms with Gasteiger partial charge in [0.05, 0.1) is 5.69 Å². The van der Waals surface area contributed by atoms with Gasteiger partial charge in [0.1, 0.15) is 4.88 Å². The van der Waals surface area contributed by atoms with Crippen molar-refractivity contribution in [1.29, 1.82) is 0 Å². The molecule has 8 nitrogen and oxygen atoms in total. The van der Waals surface area contributed by atoms with Crippen molar-refractivity contribution in [3.8, 4) is 0 Å². The highest BCUT2D eigenvalue weighted by Crippen LogP contribution is 2.37. The summed E-state index contributed by atoms with van der Waals surface area (Å²) in [5, 5.41) is 12.3. The van der Waals surface area contributed by atoms with Gasteiger partial charge < -0.3 is 20.1 Å². The molecular formula is C40H47N3O5S. The molecule has 2 aliphatic rings. The number of para-hydroxylation sites is 1. The summed E-state index contributed by atoms with van der Waals surface area (Å²) in [5.41, 5.74) is 7.56. The molecule has 6 rings (SSSR count). The molecule has 2 aromatic carbocycles. The first kappa shape index (κ1) is 37.2. The van der Waals surface area contributed by atoms with Crippen LogP contribution in [0.2, 0.25) is 0 Å². The summed E-state index contributed by atoms with van der Waals surface area (Å²) < 4.78 is 5.33. The van der Waals surface area contributed by atoms with Gasteiger partial charge in [-0.1, -0.05) is 44.9 Å². The lowest BCUT2D eigenvalue weighted by Crippen LogP contribution is -2.32. The third-order valence-corrected chi connectivity index (χ3v) is 10.6. The van der Waals surface area contributed by atoms with Crippen molar-refractivity contribution in [3.63, 3.8) is 0 Å². The molecule has 0 saturated carbocycles. The maximum atomic E-state index is 13.3. The minimum atomic E-state index is -0.919. The van der Waals surface area contributed by atoms with Crippen molar-refractivity contribution in [1.82, 2.24) is 4.98 Å². The number of anilines is 2. The van der Waals surface area contributed by atoms with Gasteiger partial charge in [-0.3, -0.25) is 14.6 Å². The number of carbonyl (C=O) groups is 3. The molecule has 2 aliphatic heterocycles. The third-order valence-electron chi connectivity index (χ3n) is 9.40. The monoisotopic (exact) mass is 681 g/mol. The molecule has 9 heteroatoms. The Hall–Kier alpha value is -4.60. The molecule has 1 saturated heterocycles. The van der Waals surface area contributed by atoms with E-state index in [-0.39, 0.29) is 5.91 Å². The molecular weight excluding hydrogens is 635 g/mol. The number of aryl methyl sites for hydroxylation is 2. The Morgan fingerprint density at radius 3 is 2.29 bits per heavy atom. The van der Waals surface area contributed by atoms with Gasteiger partial charge in [0, 0.05) is 60.4 Å². The van der Waals surface area contributed by atoms with Crippen LogP contribution in [0.1, 0.15) is 98.0 Å². The minimum absolute atomic E-state index is 0.0489. The van der Waals surface area contributed by atoms with Crippen LogP contribution in [0.4, 0.5) is 11.4 Å². The summed E-state index contributed by atoms with van der Waals surface area (Å²) >= 11 is 1.26. The number of nitrogens with one attached hydrogen (secondary N) is 1. The molecule has 0 spiro atoms. The lowest BCUT2D eigenvalue weighted by molar-refractivity contribution is 0.0105. The Kier molecular flexibility index (Phi) is 13.4. The van der Waals surface area contributed by atoms with Gasteiger partial charge in [-0.15, -0.1) is 11.3 Å². The summed E-state index contributed by atoms with van der Waals surface area (Å²) in [4.78, 5) is 41.9. The first-order chi connectivity index (χ1) is 23.6. The van der Waals surface area contributed by atoms with Gasteiger partial charge in [-0.05, 0) is 110 Å². The van der Waals surface area contributed by atoms with E-state index in [0.29, 0.717) is 34.4 Å². The summed E-state index contributed by atoms with van der Waals surface area (Å²) in [6, 6.07) is 20.5. The van der Waals surface area contributed by atoms with E-state index in [4.69, 9.17) is 4.74 Å². The Bertz CT molecular complexity index is 1750. The lowest BCUT2D eigenvalue weighted by atomic mass is 9.76. The molecule has 4 aromatic rings. The number of benzene rings is 2. The van der Waals surface area contributed by atoms with Crippen LogP contribution >= 0.6 is 11.3 Å². The highest BCUT2D eigenvalue weighted by Gasteiger charge is 2.28. The Morgan fingerprint density at radius 2 is 1.71 bits per heavy atom. The number of amides is 1. The predicted molar refractivity (Wildman–Crippen MR) is 200 cm³/mol. The van der Waals surface area contributed by atoms with E-state index in [9.17, 15) is 19.5 Å². The number of carboxylic acids is 1. The first-order valence-electron chi connectivity index (χ1n) is 16.8. The number of hydrogen-bond donors (Lipinski definition) is 2. The predicted octanol–water partition coefficient (Wildman–Crippen LogP) is 9.19. The quantitative estimate of drug-likeness (QED) is 0.187. The zero-order valence-corrected chi connectivity index (χ0v) is 29.9. The number of nitrogens with zero attached hydrogens (tertiary/aromatic N) is 2. The van der Waals surface area contributed by atoms with Crippen LogP contribution in [-0.4, -0.2) is 55.1 Å². The fourth-order valence-corrected chi connectivity index (χ4v) is 6.86. The average molecular weight is 682 g/mol. The van der Waals surface area contributed by atoms with E-state index in [2.05, 4.69) is 30.2 Å². The average Bonchev–Trinajstić information content (AvgIpc) is 3.56. The van der Waals surface area contributed by atoms with Crippen molar-refractivity contribution in [2.24, 2.45) is 5.41 Å². The summed E-state index contributed by atoms with van der Waals surface area (Å²) in [6.07, 6.45) is 10.5. The Morgan fingerprint density at radius 1 is 1.02 bits per heavy atom. The van der Waals surface area contributed by atoms with Crippen LogP contribution in [0.3, 0.4) is 0 Å². The number of aromatic carboxylic acids is 1. The number of aromatic nitrogens is 1. The van der Waals surface area contributed by atoms with Crippen LogP contribution < -0.4 is 10.2 Å². The van der Waals surface area contributed by atoms with Gasteiger partial charge in [-0.25, -0.2) is 4.79 Å². The molecule has 49 heavy (non-hydrogen) atoms. The van der Waals surface area contributed by atoms with Crippen LogP contribution in [0.5, 0.6) is 0 Å². The standard InChI is InChI=1S/C23H20N2O3S.C9H18O.C8H9NO/c1-24-18-8-6-15(7-9-18)22(26)25-13-12-17(14-16-4-2-3-5-19(16)25)20-10-11-21(29-20)23(27)28;1-3-9(4-2)5-7-10-8-6-9;1-6-3-8(5-10)7(2)9-4-6/h2-11,14,24H,12-13H2,1H3,(H,27,28);3-8H2,1-2H3;3-5H,1-2H3. The van der Waals surface area contributed by atoms with Gasteiger partial charge in [0.2, 0.25) is 0 Å². The van der Waals surface area contributed by atoms with Crippen LogP contribution in [-0.2, 0) is 4.74 Å². The number of pyridine rings is 1. The maximum absolute atomic E-state index is 13.3. The lowest BCUT2D eigenvalue weighted by Gasteiger charge is -2.35. The molecule has 1 amide bonds. The van der Waals surface area contributed by atoms with Crippen LogP contribution in [0.15, 0.2) is 72.9 Å². The summed E-state index contributed by atoms with van der Waals surface area (Å²) in [5.74, 6) is -0.968. The van der Waals surface area contributed by atoms with Crippen molar-refractivity contribution in [2.75, 3.05) is 37.0 Å². The number of rotatable bonds is 7. The number of aldehydes is 1. The third kappa shape index (κ3) is 9.74. The van der Waals surface area contributed by atoms with Gasteiger partial charge in [0.15, 0.2) is 6.29 Å². The van der Waals surface area contributed by atoms with E-state index in [0.717, 1.165) is 58.1 Å². The van der Waals surface area contributed by atoms with Crippen LogP contribution in [0.25, 0.3) is 11.6 Å². The van der Waals surface area contributed by atoms with Gasteiger partial charge in [0.25, 0.3) is 5.91 Å². The number of hydrogen-bond acceptors (Lipinski definition) is 7. The zero-order valence-electron chi connectivity index (χ0n) is 29.1. The van der Waals surface area contributed by atoms with Crippen molar-refractivity contribution in [2.45, 2.75) is 59.8 Å². The molecule has 258 valence electrons. The van der Waals surface area contributed by atoms with E-state index in [1.807, 2.05) is 81.6 Å². The smallest absolute Gasteiger partial charge is 0.345 e. The maximum Gasteiger partial charge on any atom is 0.345 e. The molecule has 2 aromatic heterocycles. The Labute approximate surface area is 293 Å². The second-order valence-electron chi connectivity index (χ2n) is 12.4. The number of carbonyl (C=O) groups excluding carboxylic acids is 2. The number of ether oxygens (including phenoxy) is 1. The van der Waals surface area contributed by atoms with Crippen LogP contribution in [0, 0.1) is 19.3 Å². The summed E-state index contributed by atoms with van der Waals surface area (Å²) in [6.45, 7) is 10.8. The topological polar surface area (TPSA) is 109 Å². The molecule has 0 aliphatic carbocycles. The van der Waals surface area contributed by atoms with Crippen molar-refractivity contribution < 1.29 is 24.2 Å². The molecule has 1 fully saturated rings. The van der Waals surface area contributed by atoms with Gasteiger partial charge >= 0.3 is 5.97 Å². The molecule has 0 atom stereocenters. The second-order valence-corrected chi connectivity index (χ2v) is 13.4. The number of carboxylic acid groups (broad SMARTS) is 1. The largest absolute Gasteiger partial charge is 0.477 e. The minimum Gasteiger partial charge on any atom is -0.477 e. The second kappa shape index (κ2) is 17.7. The van der Waals surface area contributed by atoms with E-state index >= 15 is 0 Å². The van der Waals surface area contributed by atoms with Crippen molar-refractivity contribution >= 4 is 52.5 Å². The van der Waals surface area contributed by atoms with E-state index in [1.165, 1.54) is 37.0 Å². The highest BCUT2D eigenvalue weighted by atomic mass is 32.1. The van der Waals surface area contributed by atoms with E-state index in [1.54, 1.807) is 17.2 Å². The number of fused-ring (bicyclic) bond motifs is 1. The first-order valence-corrected chi connectivity index (χ1v) is 17.6. The normalized spacial score (nSPS) is 14.8. The Balaban J connectivity index is 0.000000220. The fourth-order valence-electron chi connectivity index (χ4n) is 5.97. The van der Waals surface area contributed by atoms with E-state index < -0.39 is 5.97 Å². The van der Waals surface area contributed by atoms with Crippen molar-refractivity contribution in [3.05, 3.63) is 111 Å². The molecule has 0 unspecified atom stereocenters. The highest BCUT2D eigenvalue weighted by molar-refractivity contribution is 7.15. The molecule has 2 N–H and O–H groups in total. The molecule has 0 radical (unpaired) electrons. The summed E-state index contributed by atoms with van der Waals surface area (Å²) in [7, 11) is 1.84. The SMILES string of the molecule is CCC1(CC)CCOCC1.CNc1ccc(C(=O)N2CCC(c3ccc(C(=O)O)s3)=Cc3ccccc32)cc1.Cc1cnc(C)c(C=O)c1.